The van der Waals surface area contributed by atoms with Crippen molar-refractivity contribution >= 4 is 5.91 Å². The quantitative estimate of drug-likeness (QED) is 0.576. The normalized spacial score (nSPS) is 19.1. The Labute approximate surface area is 183 Å². The minimum absolute atomic E-state index is 0.0374. The van der Waals surface area contributed by atoms with Crippen molar-refractivity contribution in [3.8, 4) is 0 Å². The first kappa shape index (κ1) is 23.4. The van der Waals surface area contributed by atoms with Crippen LogP contribution in [0.5, 0.6) is 0 Å². The van der Waals surface area contributed by atoms with Gasteiger partial charge in [0, 0.05) is 46.3 Å². The summed E-state index contributed by atoms with van der Waals surface area (Å²) in [6.45, 7) is 7.85. The lowest BCUT2D eigenvalue weighted by molar-refractivity contribution is -0.136. The number of furan rings is 1. The van der Waals surface area contributed by atoms with Crippen LogP contribution in [-0.2, 0) is 20.8 Å². The lowest BCUT2D eigenvalue weighted by Crippen LogP contribution is -2.41. The molecule has 0 aliphatic carbocycles. The number of carbonyl (C=O) groups is 1. The molecule has 1 aromatic heterocycles. The maximum Gasteiger partial charge on any atom is 0.248 e. The number of amides is 1. The number of likely N-dealkylation sites (tertiary alicyclic amines) is 1. The number of methoxy groups -OCH3 is 2. The van der Waals surface area contributed by atoms with Crippen molar-refractivity contribution in [2.24, 2.45) is 5.92 Å². The average molecular weight is 433 g/mol. The molecule has 6 nitrogen and oxygen atoms in total. The number of ether oxygens (including phenoxy) is 2. The van der Waals surface area contributed by atoms with Crippen LogP contribution in [0.25, 0.3) is 0 Å². The summed E-state index contributed by atoms with van der Waals surface area (Å²) >= 11 is 0. The molecule has 2 heterocycles. The van der Waals surface area contributed by atoms with E-state index in [4.69, 9.17) is 13.9 Å². The molecule has 3 rings (SSSR count). The summed E-state index contributed by atoms with van der Waals surface area (Å²) in [6.07, 6.45) is 0. The van der Waals surface area contributed by atoms with Gasteiger partial charge in [-0.1, -0.05) is 12.1 Å². The highest BCUT2D eigenvalue weighted by Gasteiger charge is 2.36. The van der Waals surface area contributed by atoms with Crippen LogP contribution in [-0.4, -0.2) is 69.3 Å². The van der Waals surface area contributed by atoms with Crippen LogP contribution in [0, 0.1) is 25.6 Å². The fraction of sp³-hybridized carbons (Fsp3) is 0.542. The number of rotatable bonds is 10. The number of hydrogen-bond donors (Lipinski definition) is 0. The first-order valence-corrected chi connectivity index (χ1v) is 10.7. The van der Waals surface area contributed by atoms with E-state index in [0.29, 0.717) is 26.2 Å². The minimum atomic E-state index is -0.237. The maximum absolute atomic E-state index is 14.0. The second-order valence-corrected chi connectivity index (χ2v) is 8.33. The molecular formula is C24H33FN2O4. The largest absolute Gasteiger partial charge is 0.465 e. The fourth-order valence-corrected chi connectivity index (χ4v) is 4.35. The number of hydrogen-bond acceptors (Lipinski definition) is 5. The standard InChI is InChI=1S/C24H33FN2O4/c1-17-10-22(31-18(17)2)14-26-12-20(13-27(8-9-29-3)24(28)16-30-4)23(15-26)19-6-5-7-21(25)11-19/h5-7,10-11,20,23H,8-9,12-16H2,1-4H3. The van der Waals surface area contributed by atoms with Crippen molar-refractivity contribution in [1.82, 2.24) is 9.80 Å². The summed E-state index contributed by atoms with van der Waals surface area (Å²) in [5.74, 6) is 1.85. The predicted molar refractivity (Wildman–Crippen MR) is 116 cm³/mol. The Balaban J connectivity index is 1.79. The molecule has 1 aromatic carbocycles. The summed E-state index contributed by atoms with van der Waals surface area (Å²) < 4.78 is 30.1. The Hall–Kier alpha value is -2.22. The van der Waals surface area contributed by atoms with E-state index in [9.17, 15) is 9.18 Å². The van der Waals surface area contributed by atoms with E-state index in [2.05, 4.69) is 11.0 Å². The highest BCUT2D eigenvalue weighted by molar-refractivity contribution is 5.77. The molecule has 1 saturated heterocycles. The highest BCUT2D eigenvalue weighted by Crippen LogP contribution is 2.35. The number of halogens is 1. The first-order chi connectivity index (χ1) is 14.9. The van der Waals surface area contributed by atoms with Crippen molar-refractivity contribution in [2.75, 3.05) is 53.6 Å². The van der Waals surface area contributed by atoms with E-state index in [0.717, 1.165) is 35.7 Å². The Kier molecular flexibility index (Phi) is 8.23. The third kappa shape index (κ3) is 6.15. The molecule has 1 fully saturated rings. The molecular weight excluding hydrogens is 399 g/mol. The van der Waals surface area contributed by atoms with Crippen molar-refractivity contribution in [3.05, 3.63) is 58.8 Å². The summed E-state index contributed by atoms with van der Waals surface area (Å²) in [4.78, 5) is 16.7. The maximum atomic E-state index is 14.0. The van der Waals surface area contributed by atoms with Gasteiger partial charge in [-0.3, -0.25) is 9.69 Å². The minimum Gasteiger partial charge on any atom is -0.465 e. The van der Waals surface area contributed by atoms with E-state index in [-0.39, 0.29) is 30.2 Å². The third-order valence-corrected chi connectivity index (χ3v) is 6.03. The predicted octanol–water partition coefficient (Wildman–Crippen LogP) is 3.37. The second-order valence-electron chi connectivity index (χ2n) is 8.33. The van der Waals surface area contributed by atoms with Crippen molar-refractivity contribution in [2.45, 2.75) is 26.3 Å². The zero-order chi connectivity index (χ0) is 22.4. The van der Waals surface area contributed by atoms with Gasteiger partial charge in [-0.05, 0) is 49.1 Å². The van der Waals surface area contributed by atoms with E-state index in [1.807, 2.05) is 19.9 Å². The fourth-order valence-electron chi connectivity index (χ4n) is 4.35. The van der Waals surface area contributed by atoms with Crippen LogP contribution < -0.4 is 0 Å². The third-order valence-electron chi connectivity index (χ3n) is 6.03. The SMILES string of the molecule is COCCN(CC1CN(Cc2cc(C)c(C)o2)CC1c1cccc(F)c1)C(=O)COC. The molecule has 1 aliphatic heterocycles. The molecule has 1 amide bonds. The smallest absolute Gasteiger partial charge is 0.248 e. The van der Waals surface area contributed by atoms with Crippen molar-refractivity contribution < 1.29 is 23.1 Å². The van der Waals surface area contributed by atoms with E-state index < -0.39 is 0 Å². The van der Waals surface area contributed by atoms with Gasteiger partial charge in [0.05, 0.1) is 13.2 Å². The Bertz CT molecular complexity index is 850. The van der Waals surface area contributed by atoms with Crippen LogP contribution in [0.3, 0.4) is 0 Å². The lowest BCUT2D eigenvalue weighted by atomic mass is 9.88. The molecule has 2 aromatic rings. The summed E-state index contributed by atoms with van der Waals surface area (Å²) in [5.41, 5.74) is 2.11. The van der Waals surface area contributed by atoms with Gasteiger partial charge in [0.25, 0.3) is 0 Å². The summed E-state index contributed by atoms with van der Waals surface area (Å²) in [6, 6.07) is 8.88. The lowest BCUT2D eigenvalue weighted by Gasteiger charge is -2.28. The molecule has 2 atom stereocenters. The van der Waals surface area contributed by atoms with Gasteiger partial charge in [0.2, 0.25) is 5.91 Å². The molecule has 2 unspecified atom stereocenters. The molecule has 0 radical (unpaired) electrons. The first-order valence-electron chi connectivity index (χ1n) is 10.7. The molecule has 0 bridgehead atoms. The molecule has 31 heavy (non-hydrogen) atoms. The van der Waals surface area contributed by atoms with Gasteiger partial charge >= 0.3 is 0 Å². The molecule has 170 valence electrons. The van der Waals surface area contributed by atoms with Gasteiger partial charge in [0.1, 0.15) is 23.9 Å². The number of benzene rings is 1. The van der Waals surface area contributed by atoms with Crippen LogP contribution in [0.4, 0.5) is 4.39 Å². The molecule has 0 spiro atoms. The summed E-state index contributed by atoms with van der Waals surface area (Å²) in [5, 5.41) is 0. The van der Waals surface area contributed by atoms with Crippen molar-refractivity contribution in [3.63, 3.8) is 0 Å². The van der Waals surface area contributed by atoms with Gasteiger partial charge in [-0.25, -0.2) is 4.39 Å². The van der Waals surface area contributed by atoms with Crippen LogP contribution in [0.1, 0.15) is 28.6 Å². The Morgan fingerprint density at radius 2 is 2.03 bits per heavy atom. The van der Waals surface area contributed by atoms with Crippen molar-refractivity contribution in [1.29, 1.82) is 0 Å². The summed E-state index contributed by atoms with van der Waals surface area (Å²) in [7, 11) is 3.14. The van der Waals surface area contributed by atoms with Crippen LogP contribution in [0.2, 0.25) is 0 Å². The van der Waals surface area contributed by atoms with E-state index in [1.54, 1.807) is 24.1 Å². The van der Waals surface area contributed by atoms with Gasteiger partial charge in [0.15, 0.2) is 0 Å². The topological polar surface area (TPSA) is 55.2 Å². The van der Waals surface area contributed by atoms with Gasteiger partial charge in [-0.15, -0.1) is 0 Å². The number of aryl methyl sites for hydroxylation is 2. The van der Waals surface area contributed by atoms with E-state index >= 15 is 0 Å². The van der Waals surface area contributed by atoms with E-state index in [1.165, 1.54) is 13.2 Å². The molecule has 1 aliphatic rings. The zero-order valence-electron chi connectivity index (χ0n) is 18.9. The average Bonchev–Trinajstić information content (AvgIpc) is 3.27. The highest BCUT2D eigenvalue weighted by atomic mass is 19.1. The van der Waals surface area contributed by atoms with Crippen LogP contribution >= 0.6 is 0 Å². The van der Waals surface area contributed by atoms with Gasteiger partial charge < -0.3 is 18.8 Å². The van der Waals surface area contributed by atoms with Gasteiger partial charge in [-0.2, -0.15) is 0 Å². The molecule has 0 saturated carbocycles. The molecule has 7 heteroatoms. The molecule has 0 N–H and O–H groups in total. The van der Waals surface area contributed by atoms with Crippen LogP contribution in [0.15, 0.2) is 34.7 Å². The second kappa shape index (κ2) is 10.9. The zero-order valence-corrected chi connectivity index (χ0v) is 18.9. The Morgan fingerprint density at radius 3 is 2.68 bits per heavy atom. The monoisotopic (exact) mass is 432 g/mol. The number of carbonyl (C=O) groups excluding carboxylic acids is 1. The number of nitrogens with zero attached hydrogens (tertiary/aromatic N) is 2. The Morgan fingerprint density at radius 1 is 1.23 bits per heavy atom.